The molecule has 1 heterocycles. The number of halogens is 1. The standard InChI is InChI=1S/C13H14BrN3O3/c1-13(2)11(19)17(12(20)16-13)7-10(18)15-9-5-3-4-8(14)6-9/h3-6H,7H2,1-2H3,(H,15,18)(H,16,20). The summed E-state index contributed by atoms with van der Waals surface area (Å²) in [6.07, 6.45) is 0. The molecular weight excluding hydrogens is 326 g/mol. The first-order valence-corrected chi connectivity index (χ1v) is 6.78. The van der Waals surface area contributed by atoms with Gasteiger partial charge in [-0.2, -0.15) is 0 Å². The maximum absolute atomic E-state index is 11.9. The van der Waals surface area contributed by atoms with Crippen LogP contribution in [0.3, 0.4) is 0 Å². The molecule has 2 rings (SSSR count). The Balaban J connectivity index is 2.02. The Morgan fingerprint density at radius 2 is 2.10 bits per heavy atom. The molecule has 1 aliphatic rings. The first kappa shape index (κ1) is 14.5. The van der Waals surface area contributed by atoms with Gasteiger partial charge in [0.1, 0.15) is 12.1 Å². The zero-order valence-corrected chi connectivity index (χ0v) is 12.7. The lowest BCUT2D eigenvalue weighted by atomic mass is 10.1. The summed E-state index contributed by atoms with van der Waals surface area (Å²) in [6.45, 7) is 2.89. The Bertz CT molecular complexity index is 586. The zero-order chi connectivity index (χ0) is 14.9. The molecule has 0 unspecified atom stereocenters. The molecule has 1 saturated heterocycles. The van der Waals surface area contributed by atoms with E-state index in [0.29, 0.717) is 5.69 Å². The molecule has 20 heavy (non-hydrogen) atoms. The van der Waals surface area contributed by atoms with Crippen LogP contribution in [0.15, 0.2) is 28.7 Å². The van der Waals surface area contributed by atoms with Crippen LogP contribution in [0.25, 0.3) is 0 Å². The molecular formula is C13H14BrN3O3. The Kier molecular flexibility index (Phi) is 3.80. The van der Waals surface area contributed by atoms with Gasteiger partial charge in [-0.3, -0.25) is 14.5 Å². The smallest absolute Gasteiger partial charge is 0.324 e. The Morgan fingerprint density at radius 1 is 1.40 bits per heavy atom. The van der Waals surface area contributed by atoms with E-state index in [-0.39, 0.29) is 6.54 Å². The fraction of sp³-hybridized carbons (Fsp3) is 0.308. The number of hydrogen-bond acceptors (Lipinski definition) is 3. The number of rotatable bonds is 3. The number of imide groups is 1. The van der Waals surface area contributed by atoms with E-state index in [1.54, 1.807) is 32.0 Å². The van der Waals surface area contributed by atoms with Crippen molar-refractivity contribution in [1.29, 1.82) is 0 Å². The minimum Gasteiger partial charge on any atom is -0.324 e. The van der Waals surface area contributed by atoms with E-state index in [2.05, 4.69) is 26.6 Å². The molecule has 1 aromatic rings. The van der Waals surface area contributed by atoms with Gasteiger partial charge in [-0.05, 0) is 32.0 Å². The molecule has 0 saturated carbocycles. The lowest BCUT2D eigenvalue weighted by Gasteiger charge is -2.15. The van der Waals surface area contributed by atoms with Crippen LogP contribution in [0.5, 0.6) is 0 Å². The number of benzene rings is 1. The minimum absolute atomic E-state index is 0.305. The third kappa shape index (κ3) is 2.98. The first-order valence-electron chi connectivity index (χ1n) is 5.99. The number of nitrogens with zero attached hydrogens (tertiary/aromatic N) is 1. The lowest BCUT2D eigenvalue weighted by Crippen LogP contribution is -2.41. The molecule has 1 aliphatic heterocycles. The highest BCUT2D eigenvalue weighted by Crippen LogP contribution is 2.18. The maximum Gasteiger partial charge on any atom is 0.325 e. The predicted octanol–water partition coefficient (Wildman–Crippen LogP) is 1.72. The van der Waals surface area contributed by atoms with Gasteiger partial charge in [0.05, 0.1) is 0 Å². The van der Waals surface area contributed by atoms with E-state index in [1.165, 1.54) is 0 Å². The second-order valence-electron chi connectivity index (χ2n) is 5.00. The van der Waals surface area contributed by atoms with Crippen LogP contribution in [0.4, 0.5) is 10.5 Å². The van der Waals surface area contributed by atoms with E-state index >= 15 is 0 Å². The number of carbonyl (C=O) groups excluding carboxylic acids is 3. The summed E-state index contributed by atoms with van der Waals surface area (Å²) in [6, 6.07) is 6.50. The number of anilines is 1. The summed E-state index contributed by atoms with van der Waals surface area (Å²) >= 11 is 3.29. The van der Waals surface area contributed by atoms with Crippen molar-refractivity contribution in [2.75, 3.05) is 11.9 Å². The van der Waals surface area contributed by atoms with Crippen molar-refractivity contribution in [3.8, 4) is 0 Å². The molecule has 6 nitrogen and oxygen atoms in total. The molecule has 1 aromatic carbocycles. The van der Waals surface area contributed by atoms with Crippen LogP contribution in [0.2, 0.25) is 0 Å². The Morgan fingerprint density at radius 3 is 2.65 bits per heavy atom. The van der Waals surface area contributed by atoms with Crippen LogP contribution in [-0.2, 0) is 9.59 Å². The van der Waals surface area contributed by atoms with Gasteiger partial charge in [0.15, 0.2) is 0 Å². The van der Waals surface area contributed by atoms with Gasteiger partial charge < -0.3 is 10.6 Å². The van der Waals surface area contributed by atoms with Crippen molar-refractivity contribution >= 4 is 39.5 Å². The highest BCUT2D eigenvalue weighted by atomic mass is 79.9. The fourth-order valence-electron chi connectivity index (χ4n) is 1.87. The van der Waals surface area contributed by atoms with Crippen LogP contribution < -0.4 is 10.6 Å². The van der Waals surface area contributed by atoms with Gasteiger partial charge >= 0.3 is 6.03 Å². The molecule has 0 bridgehead atoms. The highest BCUT2D eigenvalue weighted by Gasteiger charge is 2.44. The average molecular weight is 340 g/mol. The van der Waals surface area contributed by atoms with Gasteiger partial charge in [0.2, 0.25) is 5.91 Å². The second kappa shape index (κ2) is 5.24. The third-order valence-corrected chi connectivity index (χ3v) is 3.35. The normalized spacial score (nSPS) is 17.1. The molecule has 2 N–H and O–H groups in total. The Hall–Kier alpha value is -1.89. The zero-order valence-electron chi connectivity index (χ0n) is 11.1. The number of urea groups is 1. The molecule has 0 radical (unpaired) electrons. The van der Waals surface area contributed by atoms with Crippen LogP contribution in [0, 0.1) is 0 Å². The minimum atomic E-state index is -0.965. The average Bonchev–Trinajstić information content (AvgIpc) is 2.51. The topological polar surface area (TPSA) is 78.5 Å². The van der Waals surface area contributed by atoms with Gasteiger partial charge in [-0.1, -0.05) is 22.0 Å². The molecule has 0 aromatic heterocycles. The van der Waals surface area contributed by atoms with Crippen molar-refractivity contribution in [1.82, 2.24) is 10.2 Å². The summed E-state index contributed by atoms with van der Waals surface area (Å²) in [5, 5.41) is 5.16. The van der Waals surface area contributed by atoms with E-state index in [4.69, 9.17) is 0 Å². The summed E-state index contributed by atoms with van der Waals surface area (Å²) in [5.74, 6) is -0.837. The summed E-state index contributed by atoms with van der Waals surface area (Å²) in [5.41, 5.74) is -0.372. The monoisotopic (exact) mass is 339 g/mol. The van der Waals surface area contributed by atoms with E-state index in [1.807, 2.05) is 6.07 Å². The van der Waals surface area contributed by atoms with Crippen molar-refractivity contribution in [2.45, 2.75) is 19.4 Å². The molecule has 0 atom stereocenters. The van der Waals surface area contributed by atoms with Gasteiger partial charge in [0.25, 0.3) is 5.91 Å². The molecule has 1 fully saturated rings. The van der Waals surface area contributed by atoms with Crippen molar-refractivity contribution in [3.63, 3.8) is 0 Å². The SMILES string of the molecule is CC1(C)NC(=O)N(CC(=O)Nc2cccc(Br)c2)C1=O. The van der Waals surface area contributed by atoms with E-state index in [0.717, 1.165) is 9.37 Å². The molecule has 106 valence electrons. The maximum atomic E-state index is 11.9. The lowest BCUT2D eigenvalue weighted by molar-refractivity contribution is -0.132. The third-order valence-electron chi connectivity index (χ3n) is 2.85. The molecule has 0 aliphatic carbocycles. The number of hydrogen-bond donors (Lipinski definition) is 2. The number of nitrogens with one attached hydrogen (secondary N) is 2. The highest BCUT2D eigenvalue weighted by molar-refractivity contribution is 9.10. The van der Waals surface area contributed by atoms with Crippen LogP contribution in [0.1, 0.15) is 13.8 Å². The predicted molar refractivity (Wildman–Crippen MR) is 77.1 cm³/mol. The summed E-state index contributed by atoms with van der Waals surface area (Å²) in [4.78, 5) is 36.4. The molecule has 0 spiro atoms. The fourth-order valence-corrected chi connectivity index (χ4v) is 2.27. The first-order chi connectivity index (χ1) is 9.29. The van der Waals surface area contributed by atoms with Crippen molar-refractivity contribution < 1.29 is 14.4 Å². The second-order valence-corrected chi connectivity index (χ2v) is 5.92. The van der Waals surface area contributed by atoms with Crippen LogP contribution in [-0.4, -0.2) is 34.8 Å². The van der Waals surface area contributed by atoms with E-state index < -0.39 is 23.4 Å². The number of carbonyl (C=O) groups is 3. The molecule has 4 amide bonds. The Labute approximate surface area is 124 Å². The van der Waals surface area contributed by atoms with Gasteiger partial charge in [-0.25, -0.2) is 4.79 Å². The number of amides is 4. The van der Waals surface area contributed by atoms with E-state index in [9.17, 15) is 14.4 Å². The van der Waals surface area contributed by atoms with Crippen LogP contribution >= 0.6 is 15.9 Å². The van der Waals surface area contributed by atoms with Gasteiger partial charge in [-0.15, -0.1) is 0 Å². The van der Waals surface area contributed by atoms with Crippen molar-refractivity contribution in [3.05, 3.63) is 28.7 Å². The quantitative estimate of drug-likeness (QED) is 0.823. The molecule has 7 heteroatoms. The summed E-state index contributed by atoms with van der Waals surface area (Å²) < 4.78 is 0.825. The van der Waals surface area contributed by atoms with Gasteiger partial charge in [0, 0.05) is 10.2 Å². The largest absolute Gasteiger partial charge is 0.325 e. The summed E-state index contributed by atoms with van der Waals surface area (Å²) in [7, 11) is 0. The van der Waals surface area contributed by atoms with Crippen molar-refractivity contribution in [2.24, 2.45) is 0 Å².